The summed E-state index contributed by atoms with van der Waals surface area (Å²) in [5.74, 6) is 1.22. The molecule has 0 fully saturated rings. The van der Waals surface area contributed by atoms with E-state index in [0.717, 1.165) is 16.2 Å². The van der Waals surface area contributed by atoms with Gasteiger partial charge in [0.2, 0.25) is 0 Å². The molecule has 98 valence electrons. The summed E-state index contributed by atoms with van der Waals surface area (Å²) in [7, 11) is 3.67. The molecule has 3 rings (SSSR count). The minimum absolute atomic E-state index is 0.423. The van der Waals surface area contributed by atoms with Crippen molar-refractivity contribution in [3.05, 3.63) is 23.5 Å². The van der Waals surface area contributed by atoms with E-state index in [1.165, 1.54) is 18.1 Å². The molecule has 0 aliphatic carbocycles. The van der Waals surface area contributed by atoms with Crippen LogP contribution in [-0.4, -0.2) is 34.5 Å². The van der Waals surface area contributed by atoms with Crippen LogP contribution in [-0.2, 0) is 19.8 Å². The molecule has 19 heavy (non-hydrogen) atoms. The van der Waals surface area contributed by atoms with Gasteiger partial charge in [0, 0.05) is 14.1 Å². The maximum Gasteiger partial charge on any atom is 0.186 e. The number of aryl methyl sites for hydroxylation is 2. The zero-order chi connectivity index (χ0) is 13.4. The molecule has 0 saturated heterocycles. The van der Waals surface area contributed by atoms with Gasteiger partial charge in [-0.1, -0.05) is 23.4 Å². The molecular formula is C10H10ClN7S. The SMILES string of the molecule is Cn1ncnc1SCc1nc(Cl)c2cnn(C)c2n1. The monoisotopic (exact) mass is 295 g/mol. The first-order valence-electron chi connectivity index (χ1n) is 5.46. The maximum absolute atomic E-state index is 6.12. The molecule has 0 atom stereocenters. The van der Waals surface area contributed by atoms with Crippen molar-refractivity contribution in [3.8, 4) is 0 Å². The Kier molecular flexibility index (Phi) is 3.11. The molecule has 0 aliphatic rings. The topological polar surface area (TPSA) is 74.3 Å². The van der Waals surface area contributed by atoms with Crippen molar-refractivity contribution in [3.63, 3.8) is 0 Å². The van der Waals surface area contributed by atoms with E-state index in [1.807, 2.05) is 14.1 Å². The second-order valence-corrected chi connectivity index (χ2v) is 5.19. The fourth-order valence-corrected chi connectivity index (χ4v) is 2.61. The lowest BCUT2D eigenvalue weighted by molar-refractivity contribution is 0.685. The predicted molar refractivity (Wildman–Crippen MR) is 71.9 cm³/mol. The summed E-state index contributed by atoms with van der Waals surface area (Å²) in [5.41, 5.74) is 0.730. The smallest absolute Gasteiger partial charge is 0.186 e. The van der Waals surface area contributed by atoms with Gasteiger partial charge in [0.1, 0.15) is 17.3 Å². The Morgan fingerprint density at radius 2 is 2.05 bits per heavy atom. The second kappa shape index (κ2) is 4.78. The molecule has 0 amide bonds. The van der Waals surface area contributed by atoms with E-state index in [1.54, 1.807) is 15.6 Å². The summed E-state index contributed by atoms with van der Waals surface area (Å²) in [5, 5.41) is 10.1. The van der Waals surface area contributed by atoms with Gasteiger partial charge in [-0.2, -0.15) is 10.2 Å². The summed E-state index contributed by atoms with van der Waals surface area (Å²) in [6.07, 6.45) is 3.18. The highest BCUT2D eigenvalue weighted by molar-refractivity contribution is 7.98. The van der Waals surface area contributed by atoms with E-state index < -0.39 is 0 Å². The quantitative estimate of drug-likeness (QED) is 0.538. The van der Waals surface area contributed by atoms with Crippen molar-refractivity contribution in [1.82, 2.24) is 34.5 Å². The minimum Gasteiger partial charge on any atom is -0.250 e. The van der Waals surface area contributed by atoms with Crippen LogP contribution in [0.4, 0.5) is 0 Å². The average Bonchev–Trinajstić information content (AvgIpc) is 2.95. The van der Waals surface area contributed by atoms with Crippen molar-refractivity contribution in [2.45, 2.75) is 10.9 Å². The molecule has 0 radical (unpaired) electrons. The van der Waals surface area contributed by atoms with E-state index in [0.29, 0.717) is 16.7 Å². The van der Waals surface area contributed by atoms with E-state index >= 15 is 0 Å². The lowest BCUT2D eigenvalue weighted by Gasteiger charge is -2.02. The molecule has 0 aromatic carbocycles. The fourth-order valence-electron chi connectivity index (χ4n) is 1.64. The summed E-state index contributed by atoms with van der Waals surface area (Å²) >= 11 is 7.63. The average molecular weight is 296 g/mol. The summed E-state index contributed by atoms with van der Waals surface area (Å²) in [6.45, 7) is 0. The number of nitrogens with zero attached hydrogens (tertiary/aromatic N) is 7. The van der Waals surface area contributed by atoms with Crippen LogP contribution < -0.4 is 0 Å². The Hall–Kier alpha value is -1.67. The van der Waals surface area contributed by atoms with Gasteiger partial charge in [-0.3, -0.25) is 4.68 Å². The van der Waals surface area contributed by atoms with Crippen LogP contribution in [0.2, 0.25) is 5.15 Å². The fraction of sp³-hybridized carbons (Fsp3) is 0.300. The Labute approximate surface area is 118 Å². The van der Waals surface area contributed by atoms with Crippen LogP contribution in [0.3, 0.4) is 0 Å². The third-order valence-electron chi connectivity index (χ3n) is 2.59. The Morgan fingerprint density at radius 3 is 2.79 bits per heavy atom. The van der Waals surface area contributed by atoms with Crippen LogP contribution in [0.1, 0.15) is 5.82 Å². The highest BCUT2D eigenvalue weighted by Crippen LogP contribution is 2.23. The lowest BCUT2D eigenvalue weighted by atomic mass is 10.4. The second-order valence-electron chi connectivity index (χ2n) is 3.89. The molecule has 0 saturated carbocycles. The van der Waals surface area contributed by atoms with Crippen molar-refractivity contribution in [2.24, 2.45) is 14.1 Å². The van der Waals surface area contributed by atoms with Gasteiger partial charge in [0.05, 0.1) is 17.3 Å². The zero-order valence-electron chi connectivity index (χ0n) is 10.3. The van der Waals surface area contributed by atoms with E-state index in [9.17, 15) is 0 Å². The maximum atomic E-state index is 6.12. The number of aromatic nitrogens is 7. The van der Waals surface area contributed by atoms with E-state index in [4.69, 9.17) is 11.6 Å². The van der Waals surface area contributed by atoms with Gasteiger partial charge in [-0.15, -0.1) is 0 Å². The Morgan fingerprint density at radius 1 is 1.21 bits per heavy atom. The van der Waals surface area contributed by atoms with Crippen LogP contribution in [0.15, 0.2) is 17.7 Å². The van der Waals surface area contributed by atoms with Crippen molar-refractivity contribution in [1.29, 1.82) is 0 Å². The number of thioether (sulfide) groups is 1. The molecular weight excluding hydrogens is 286 g/mol. The molecule has 0 bridgehead atoms. The third-order valence-corrected chi connectivity index (χ3v) is 3.91. The highest BCUT2D eigenvalue weighted by atomic mass is 35.5. The van der Waals surface area contributed by atoms with Gasteiger partial charge < -0.3 is 0 Å². The molecule has 9 heteroatoms. The van der Waals surface area contributed by atoms with Crippen LogP contribution >= 0.6 is 23.4 Å². The van der Waals surface area contributed by atoms with Gasteiger partial charge in [-0.25, -0.2) is 19.6 Å². The van der Waals surface area contributed by atoms with Gasteiger partial charge in [0.15, 0.2) is 10.8 Å². The predicted octanol–water partition coefficient (Wildman–Crippen LogP) is 1.44. The standard InChI is InChI=1S/C10H10ClN7S/c1-17-9-6(3-13-17)8(11)15-7(16-9)4-19-10-12-5-14-18(10)2/h3,5H,4H2,1-2H3. The molecule has 3 aromatic rings. The third kappa shape index (κ3) is 2.28. The lowest BCUT2D eigenvalue weighted by Crippen LogP contribution is -1.99. The van der Waals surface area contributed by atoms with Crippen molar-refractivity contribution >= 4 is 34.4 Å². The zero-order valence-corrected chi connectivity index (χ0v) is 11.9. The summed E-state index contributed by atoms with van der Waals surface area (Å²) in [6, 6.07) is 0. The van der Waals surface area contributed by atoms with Crippen molar-refractivity contribution in [2.75, 3.05) is 0 Å². The van der Waals surface area contributed by atoms with Crippen LogP contribution in [0.25, 0.3) is 11.0 Å². The van der Waals surface area contributed by atoms with Gasteiger partial charge in [0.25, 0.3) is 0 Å². The molecule has 3 aromatic heterocycles. The van der Waals surface area contributed by atoms with Gasteiger partial charge in [-0.05, 0) is 0 Å². The minimum atomic E-state index is 0.423. The largest absolute Gasteiger partial charge is 0.250 e. The number of fused-ring (bicyclic) bond motifs is 1. The normalized spacial score (nSPS) is 11.3. The number of hydrogen-bond acceptors (Lipinski definition) is 6. The summed E-state index contributed by atoms with van der Waals surface area (Å²) in [4.78, 5) is 12.8. The van der Waals surface area contributed by atoms with Crippen LogP contribution in [0, 0.1) is 0 Å². The van der Waals surface area contributed by atoms with Crippen molar-refractivity contribution < 1.29 is 0 Å². The molecule has 0 unspecified atom stereocenters. The summed E-state index contributed by atoms with van der Waals surface area (Å²) < 4.78 is 3.38. The van der Waals surface area contributed by atoms with E-state index in [2.05, 4.69) is 25.1 Å². The first kappa shape index (κ1) is 12.4. The Bertz CT molecular complexity index is 735. The Balaban J connectivity index is 1.89. The first-order valence-corrected chi connectivity index (χ1v) is 6.82. The van der Waals surface area contributed by atoms with Gasteiger partial charge >= 0.3 is 0 Å². The number of hydrogen-bond donors (Lipinski definition) is 0. The molecule has 3 heterocycles. The molecule has 0 spiro atoms. The van der Waals surface area contributed by atoms with Crippen LogP contribution in [0.5, 0.6) is 0 Å². The first-order chi connectivity index (χ1) is 9.15. The molecule has 0 aliphatic heterocycles. The number of halogens is 1. The number of rotatable bonds is 3. The molecule has 7 nitrogen and oxygen atoms in total. The highest BCUT2D eigenvalue weighted by Gasteiger charge is 2.11. The molecule has 0 N–H and O–H groups in total. The van der Waals surface area contributed by atoms with E-state index in [-0.39, 0.29) is 0 Å².